The van der Waals surface area contributed by atoms with Gasteiger partial charge in [0.2, 0.25) is 0 Å². The first-order valence-corrected chi connectivity index (χ1v) is 7.43. The molecule has 0 unspecified atom stereocenters. The molecule has 2 aromatic rings. The van der Waals surface area contributed by atoms with Crippen LogP contribution in [0.4, 0.5) is 17.5 Å². The molecule has 0 atom stereocenters. The van der Waals surface area contributed by atoms with Crippen molar-refractivity contribution in [3.63, 3.8) is 0 Å². The van der Waals surface area contributed by atoms with Gasteiger partial charge in [0.25, 0.3) is 0 Å². The van der Waals surface area contributed by atoms with Crippen molar-refractivity contribution in [1.82, 2.24) is 15.1 Å². The highest BCUT2D eigenvalue weighted by atomic mass is 16.5. The van der Waals surface area contributed by atoms with Gasteiger partial charge in [-0.2, -0.15) is 0 Å². The SMILES string of the molecule is CCCN(CCC)c1cc(Nc2cc(C)on2)nc(C)n1. The summed E-state index contributed by atoms with van der Waals surface area (Å²) in [6.45, 7) is 10.1. The highest BCUT2D eigenvalue weighted by Gasteiger charge is 2.10. The Bertz CT molecular complexity index is 575. The smallest absolute Gasteiger partial charge is 0.175 e. The van der Waals surface area contributed by atoms with Crippen molar-refractivity contribution in [2.24, 2.45) is 0 Å². The summed E-state index contributed by atoms with van der Waals surface area (Å²) in [7, 11) is 0. The predicted molar refractivity (Wildman–Crippen MR) is 84.1 cm³/mol. The van der Waals surface area contributed by atoms with E-state index >= 15 is 0 Å². The quantitative estimate of drug-likeness (QED) is 0.842. The second-order valence-electron chi connectivity index (χ2n) is 5.09. The lowest BCUT2D eigenvalue weighted by molar-refractivity contribution is 0.400. The molecule has 0 spiro atoms. The third-order valence-corrected chi connectivity index (χ3v) is 3.02. The van der Waals surface area contributed by atoms with Gasteiger partial charge in [0.1, 0.15) is 23.2 Å². The van der Waals surface area contributed by atoms with Crippen molar-refractivity contribution in [2.75, 3.05) is 23.3 Å². The second-order valence-corrected chi connectivity index (χ2v) is 5.09. The first-order valence-electron chi connectivity index (χ1n) is 7.43. The molecule has 0 fully saturated rings. The summed E-state index contributed by atoms with van der Waals surface area (Å²) < 4.78 is 5.06. The maximum atomic E-state index is 5.06. The average Bonchev–Trinajstić information content (AvgIpc) is 2.83. The molecule has 2 heterocycles. The largest absolute Gasteiger partial charge is 0.360 e. The van der Waals surface area contributed by atoms with Crippen LogP contribution in [-0.2, 0) is 0 Å². The zero-order valence-corrected chi connectivity index (χ0v) is 13.2. The van der Waals surface area contributed by atoms with E-state index in [2.05, 4.69) is 39.2 Å². The van der Waals surface area contributed by atoms with E-state index in [-0.39, 0.29) is 0 Å². The fourth-order valence-corrected chi connectivity index (χ4v) is 2.22. The van der Waals surface area contributed by atoms with E-state index in [9.17, 15) is 0 Å². The Hall–Kier alpha value is -2.11. The lowest BCUT2D eigenvalue weighted by Gasteiger charge is -2.23. The summed E-state index contributed by atoms with van der Waals surface area (Å²) in [5, 5.41) is 7.09. The van der Waals surface area contributed by atoms with Gasteiger partial charge in [-0.25, -0.2) is 9.97 Å². The summed E-state index contributed by atoms with van der Waals surface area (Å²) in [5.74, 6) is 3.86. The van der Waals surface area contributed by atoms with Gasteiger partial charge in [-0.05, 0) is 26.7 Å². The zero-order chi connectivity index (χ0) is 15.2. The Balaban J connectivity index is 2.22. The van der Waals surface area contributed by atoms with Gasteiger partial charge in [-0.3, -0.25) is 0 Å². The molecule has 2 aromatic heterocycles. The van der Waals surface area contributed by atoms with Crippen molar-refractivity contribution >= 4 is 17.5 Å². The summed E-state index contributed by atoms with van der Waals surface area (Å²) in [6.07, 6.45) is 2.18. The fraction of sp³-hybridized carbons (Fsp3) is 0.533. The molecule has 0 saturated heterocycles. The van der Waals surface area contributed by atoms with Gasteiger partial charge in [-0.1, -0.05) is 19.0 Å². The number of aryl methyl sites for hydroxylation is 2. The minimum absolute atomic E-state index is 0.661. The van der Waals surface area contributed by atoms with Crippen LogP contribution in [0.25, 0.3) is 0 Å². The lowest BCUT2D eigenvalue weighted by Crippen LogP contribution is -2.26. The van der Waals surface area contributed by atoms with E-state index in [1.165, 1.54) is 0 Å². The van der Waals surface area contributed by atoms with E-state index in [0.717, 1.165) is 49.2 Å². The van der Waals surface area contributed by atoms with Crippen molar-refractivity contribution in [1.29, 1.82) is 0 Å². The van der Waals surface area contributed by atoms with Gasteiger partial charge in [0.15, 0.2) is 5.82 Å². The first-order chi connectivity index (χ1) is 10.1. The molecule has 21 heavy (non-hydrogen) atoms. The van der Waals surface area contributed by atoms with Gasteiger partial charge < -0.3 is 14.7 Å². The molecule has 0 aliphatic rings. The second kappa shape index (κ2) is 7.06. The Morgan fingerprint density at radius 3 is 2.33 bits per heavy atom. The summed E-state index contributed by atoms with van der Waals surface area (Å²) in [5.41, 5.74) is 0. The molecule has 0 amide bonds. The third kappa shape index (κ3) is 4.18. The molecule has 0 aliphatic carbocycles. The molecule has 0 aromatic carbocycles. The van der Waals surface area contributed by atoms with Crippen molar-refractivity contribution in [3.05, 3.63) is 23.7 Å². The molecule has 114 valence electrons. The molecule has 2 rings (SSSR count). The number of hydrogen-bond donors (Lipinski definition) is 1. The Labute approximate surface area is 125 Å². The number of nitrogens with one attached hydrogen (secondary N) is 1. The van der Waals surface area contributed by atoms with Gasteiger partial charge in [0, 0.05) is 25.2 Å². The molecule has 0 radical (unpaired) electrons. The minimum Gasteiger partial charge on any atom is -0.360 e. The molecule has 0 saturated carbocycles. The van der Waals surface area contributed by atoms with Crippen molar-refractivity contribution in [3.8, 4) is 0 Å². The van der Waals surface area contributed by atoms with Gasteiger partial charge in [-0.15, -0.1) is 0 Å². The number of hydrogen-bond acceptors (Lipinski definition) is 6. The Morgan fingerprint density at radius 1 is 1.05 bits per heavy atom. The predicted octanol–water partition coefficient (Wildman–Crippen LogP) is 3.45. The molecule has 6 nitrogen and oxygen atoms in total. The number of aromatic nitrogens is 3. The highest BCUT2D eigenvalue weighted by molar-refractivity contribution is 5.56. The van der Waals surface area contributed by atoms with Crippen LogP contribution in [0.3, 0.4) is 0 Å². The maximum absolute atomic E-state index is 5.06. The summed E-state index contributed by atoms with van der Waals surface area (Å²) >= 11 is 0. The van der Waals surface area contributed by atoms with Crippen LogP contribution in [0.5, 0.6) is 0 Å². The zero-order valence-electron chi connectivity index (χ0n) is 13.2. The number of anilines is 3. The lowest BCUT2D eigenvalue weighted by atomic mass is 10.3. The minimum atomic E-state index is 0.661. The van der Waals surface area contributed by atoms with E-state index in [0.29, 0.717) is 5.82 Å². The van der Waals surface area contributed by atoms with Crippen LogP contribution in [0.2, 0.25) is 0 Å². The van der Waals surface area contributed by atoms with E-state index in [4.69, 9.17) is 4.52 Å². The van der Waals surface area contributed by atoms with Gasteiger partial charge in [0.05, 0.1) is 0 Å². The molecular formula is C15H23N5O. The Morgan fingerprint density at radius 2 is 1.76 bits per heavy atom. The molecular weight excluding hydrogens is 266 g/mol. The van der Waals surface area contributed by atoms with Gasteiger partial charge >= 0.3 is 0 Å². The fourth-order valence-electron chi connectivity index (χ4n) is 2.22. The van der Waals surface area contributed by atoms with Crippen LogP contribution in [-0.4, -0.2) is 28.2 Å². The summed E-state index contributed by atoms with van der Waals surface area (Å²) in [6, 6.07) is 3.80. The topological polar surface area (TPSA) is 67.1 Å². The van der Waals surface area contributed by atoms with Crippen LogP contribution < -0.4 is 10.2 Å². The van der Waals surface area contributed by atoms with E-state index < -0.39 is 0 Å². The third-order valence-electron chi connectivity index (χ3n) is 3.02. The molecule has 6 heteroatoms. The molecule has 0 bridgehead atoms. The maximum Gasteiger partial charge on any atom is 0.175 e. The van der Waals surface area contributed by atoms with Crippen molar-refractivity contribution in [2.45, 2.75) is 40.5 Å². The molecule has 0 aliphatic heterocycles. The van der Waals surface area contributed by atoms with Crippen LogP contribution in [0.15, 0.2) is 16.7 Å². The van der Waals surface area contributed by atoms with Crippen molar-refractivity contribution < 1.29 is 4.52 Å². The standard InChI is InChI=1S/C15H23N5O/c1-5-7-20(8-6-2)15-10-13(16-12(4)17-15)18-14-9-11(3)21-19-14/h9-10H,5-8H2,1-4H3,(H,16,17,18,19). The average molecular weight is 289 g/mol. The number of nitrogens with zero attached hydrogens (tertiary/aromatic N) is 4. The van der Waals surface area contributed by atoms with Crippen LogP contribution in [0.1, 0.15) is 38.3 Å². The summed E-state index contributed by atoms with van der Waals surface area (Å²) in [4.78, 5) is 11.2. The van der Waals surface area contributed by atoms with Crippen LogP contribution in [0, 0.1) is 13.8 Å². The number of rotatable bonds is 7. The van der Waals surface area contributed by atoms with E-state index in [1.807, 2.05) is 26.0 Å². The highest BCUT2D eigenvalue weighted by Crippen LogP contribution is 2.20. The molecule has 1 N–H and O–H groups in total. The first kappa shape index (κ1) is 15.3. The normalized spacial score (nSPS) is 10.7. The Kier molecular flexibility index (Phi) is 5.14. The monoisotopic (exact) mass is 289 g/mol. The van der Waals surface area contributed by atoms with Crippen LogP contribution >= 0.6 is 0 Å². The van der Waals surface area contributed by atoms with E-state index in [1.54, 1.807) is 0 Å².